The van der Waals surface area contributed by atoms with Crippen molar-refractivity contribution in [3.8, 4) is 34.5 Å². The van der Waals surface area contributed by atoms with Crippen LogP contribution in [0.2, 0.25) is 0 Å². The van der Waals surface area contributed by atoms with Crippen LogP contribution in [0, 0.1) is 29.1 Å². The van der Waals surface area contributed by atoms with Gasteiger partial charge in [0.25, 0.3) is 0 Å². The molecule has 5 aromatic carbocycles. The second-order valence-corrected chi connectivity index (χ2v) is 15.7. The molecule has 0 aromatic heterocycles. The fourth-order valence-corrected chi connectivity index (χ4v) is 6.29. The van der Waals surface area contributed by atoms with Crippen LogP contribution in [-0.2, 0) is 41.6 Å². The van der Waals surface area contributed by atoms with E-state index in [2.05, 4.69) is 16.0 Å². The fourth-order valence-electron chi connectivity index (χ4n) is 6.29. The van der Waals surface area contributed by atoms with Crippen LogP contribution in [0.3, 0.4) is 0 Å². The second-order valence-electron chi connectivity index (χ2n) is 15.7. The highest BCUT2D eigenvalue weighted by atomic mass is 19.2. The predicted octanol–water partition coefficient (Wildman–Crippen LogP) is 8.33. The molecule has 0 unspecified atom stereocenters. The van der Waals surface area contributed by atoms with Crippen molar-refractivity contribution in [2.75, 3.05) is 20.8 Å². The SMILES string of the molecule is CCOC(=O)[C@@H](NC(=O)[C@@H](Cc1ccc(O)cc1)NC(=O)OCc1ccccc1)c1cc(OC)cc(Oc2cc([C@@H](NC(=O)OC(C)(C)C)C(=O)Oc3c(F)c(F)c(F)c(F)c3F)ccc2OC)c1. The average molecular weight is 968 g/mol. The molecule has 0 aliphatic rings. The fraction of sp³-hybridized carbons (Fsp3) is 0.271. The Bertz CT molecular complexity index is 2640. The quantitative estimate of drug-likeness (QED) is 0.0163. The van der Waals surface area contributed by atoms with E-state index in [-0.39, 0.29) is 59.5 Å². The summed E-state index contributed by atoms with van der Waals surface area (Å²) in [6.45, 7) is 5.70. The third kappa shape index (κ3) is 14.0. The van der Waals surface area contributed by atoms with Gasteiger partial charge in [-0.2, -0.15) is 8.78 Å². The van der Waals surface area contributed by atoms with Crippen LogP contribution in [0.15, 0.2) is 91.0 Å². The molecule has 3 amide bonds. The summed E-state index contributed by atoms with van der Waals surface area (Å²) in [7, 11) is 2.52. The Balaban J connectivity index is 1.50. The van der Waals surface area contributed by atoms with E-state index < -0.39 is 88.6 Å². The van der Waals surface area contributed by atoms with Gasteiger partial charge in [-0.1, -0.05) is 48.5 Å². The molecule has 69 heavy (non-hydrogen) atoms. The van der Waals surface area contributed by atoms with Gasteiger partial charge in [0.1, 0.15) is 35.5 Å². The first-order chi connectivity index (χ1) is 32.7. The number of rotatable bonds is 18. The summed E-state index contributed by atoms with van der Waals surface area (Å²) < 4.78 is 109. The van der Waals surface area contributed by atoms with E-state index in [0.717, 1.165) is 6.07 Å². The minimum atomic E-state index is -2.51. The van der Waals surface area contributed by atoms with Gasteiger partial charge in [0, 0.05) is 12.5 Å². The summed E-state index contributed by atoms with van der Waals surface area (Å²) >= 11 is 0. The van der Waals surface area contributed by atoms with E-state index in [0.29, 0.717) is 11.1 Å². The number of nitrogens with one attached hydrogen (secondary N) is 3. The van der Waals surface area contributed by atoms with Crippen molar-refractivity contribution in [2.45, 2.75) is 64.4 Å². The molecule has 3 atom stereocenters. The molecule has 366 valence electrons. The van der Waals surface area contributed by atoms with E-state index in [1.807, 2.05) is 0 Å². The van der Waals surface area contributed by atoms with E-state index in [1.165, 1.54) is 96.5 Å². The molecule has 4 N–H and O–H groups in total. The lowest BCUT2D eigenvalue weighted by atomic mass is 10.0. The molecule has 0 bridgehead atoms. The highest BCUT2D eigenvalue weighted by molar-refractivity contribution is 5.90. The Kier molecular flexibility index (Phi) is 17.3. The van der Waals surface area contributed by atoms with Gasteiger partial charge in [-0.05, 0) is 86.3 Å². The number of carbonyl (C=O) groups excluding carboxylic acids is 5. The number of benzene rings is 5. The van der Waals surface area contributed by atoms with Crippen LogP contribution in [0.1, 0.15) is 62.0 Å². The van der Waals surface area contributed by atoms with Crippen LogP contribution in [0.4, 0.5) is 31.5 Å². The Morgan fingerprint density at radius 3 is 1.86 bits per heavy atom. The predicted molar refractivity (Wildman–Crippen MR) is 233 cm³/mol. The molecule has 0 aliphatic carbocycles. The molecular formula is C48H46F5N3O13. The van der Waals surface area contributed by atoms with Crippen molar-refractivity contribution in [1.29, 1.82) is 0 Å². The lowest BCUT2D eigenvalue weighted by Crippen LogP contribution is -2.50. The average Bonchev–Trinajstić information content (AvgIpc) is 3.31. The molecule has 0 heterocycles. The van der Waals surface area contributed by atoms with Crippen LogP contribution in [-0.4, -0.2) is 67.6 Å². The van der Waals surface area contributed by atoms with Gasteiger partial charge in [-0.15, -0.1) is 0 Å². The zero-order valence-corrected chi connectivity index (χ0v) is 37.7. The molecule has 0 saturated heterocycles. The Labute approximate surface area is 391 Å². The molecular weight excluding hydrogens is 922 g/mol. The normalized spacial score (nSPS) is 12.3. The third-order valence-corrected chi connectivity index (χ3v) is 9.50. The van der Waals surface area contributed by atoms with E-state index >= 15 is 0 Å². The smallest absolute Gasteiger partial charge is 0.408 e. The van der Waals surface area contributed by atoms with Gasteiger partial charge >= 0.3 is 24.1 Å². The number of hydrogen-bond donors (Lipinski definition) is 4. The van der Waals surface area contributed by atoms with Crippen molar-refractivity contribution in [3.05, 3.63) is 142 Å². The summed E-state index contributed by atoms with van der Waals surface area (Å²) in [6, 6.07) is 17.0. The van der Waals surface area contributed by atoms with Gasteiger partial charge in [-0.3, -0.25) is 4.79 Å². The molecule has 21 heteroatoms. The number of ether oxygens (including phenoxy) is 7. The topological polar surface area (TPSA) is 206 Å². The number of aromatic hydroxyl groups is 1. The zero-order chi connectivity index (χ0) is 50.6. The van der Waals surface area contributed by atoms with Crippen molar-refractivity contribution >= 4 is 30.0 Å². The minimum Gasteiger partial charge on any atom is -0.508 e. The maximum absolute atomic E-state index is 14.7. The largest absolute Gasteiger partial charge is 0.508 e. The van der Waals surface area contributed by atoms with Gasteiger partial charge in [0.05, 0.1) is 20.8 Å². The Hall–Kier alpha value is -8.10. The summed E-state index contributed by atoms with van der Waals surface area (Å²) in [4.78, 5) is 67.5. The maximum atomic E-state index is 14.7. The Morgan fingerprint density at radius 1 is 0.623 bits per heavy atom. The molecule has 5 aromatic rings. The number of phenolic OH excluding ortho intramolecular Hbond substituents is 1. The van der Waals surface area contributed by atoms with Crippen LogP contribution in [0.25, 0.3) is 0 Å². The van der Waals surface area contributed by atoms with E-state index in [4.69, 9.17) is 33.2 Å². The molecule has 0 fully saturated rings. The lowest BCUT2D eigenvalue weighted by molar-refractivity contribution is -0.147. The van der Waals surface area contributed by atoms with Crippen LogP contribution >= 0.6 is 0 Å². The summed E-state index contributed by atoms with van der Waals surface area (Å²) in [5.41, 5.74) is -0.235. The maximum Gasteiger partial charge on any atom is 0.408 e. The van der Waals surface area contributed by atoms with Crippen LogP contribution < -0.4 is 34.9 Å². The van der Waals surface area contributed by atoms with E-state index in [9.17, 15) is 51.0 Å². The number of hydrogen-bond acceptors (Lipinski definition) is 13. The molecule has 0 aliphatic heterocycles. The molecule has 0 radical (unpaired) electrons. The van der Waals surface area contributed by atoms with Gasteiger partial charge in [0.2, 0.25) is 40.7 Å². The van der Waals surface area contributed by atoms with E-state index in [1.54, 1.807) is 30.3 Å². The first-order valence-electron chi connectivity index (χ1n) is 20.7. The lowest BCUT2D eigenvalue weighted by Gasteiger charge is -2.24. The Morgan fingerprint density at radius 2 is 1.25 bits per heavy atom. The first kappa shape index (κ1) is 51.9. The highest BCUT2D eigenvalue weighted by Crippen LogP contribution is 2.38. The third-order valence-electron chi connectivity index (χ3n) is 9.50. The van der Waals surface area contributed by atoms with Gasteiger partial charge < -0.3 is 54.2 Å². The number of methoxy groups -OCH3 is 2. The highest BCUT2D eigenvalue weighted by Gasteiger charge is 2.35. The molecule has 5 rings (SSSR count). The number of amides is 3. The zero-order valence-electron chi connectivity index (χ0n) is 37.7. The van der Waals surface area contributed by atoms with Crippen molar-refractivity contribution in [1.82, 2.24) is 16.0 Å². The van der Waals surface area contributed by atoms with Gasteiger partial charge in [0.15, 0.2) is 23.6 Å². The standard InChI is InChI=1S/C48H46F5N3O13/c1-7-65-44(59)41(55-43(58)32(19-25-13-16-29(57)17-14-25)54-46(61)66-24-26-11-9-8-10-12-26)28-20-30(63-5)23-31(21-28)67-34-22-27(15-18-33(34)64-6)40(56-47(62)69-48(2,3)4)45(60)68-42-38(52)36(50)35(49)37(51)39(42)53/h8-18,20-23,32,40-41,57H,7,19,24H2,1-6H3,(H,54,61)(H,55,58)(H,56,62)/t32-,40-,41+/m1/s1. The first-order valence-corrected chi connectivity index (χ1v) is 20.7. The molecule has 0 saturated carbocycles. The van der Waals surface area contributed by atoms with Gasteiger partial charge in [-0.25, -0.2) is 32.3 Å². The molecule has 16 nitrogen and oxygen atoms in total. The molecule has 0 spiro atoms. The number of carbonyl (C=O) groups is 5. The number of esters is 2. The summed E-state index contributed by atoms with van der Waals surface area (Å²) in [5, 5.41) is 17.1. The van der Waals surface area contributed by atoms with Crippen LogP contribution in [0.5, 0.6) is 34.5 Å². The number of phenols is 1. The summed E-state index contributed by atoms with van der Waals surface area (Å²) in [6.07, 6.45) is -2.37. The second kappa shape index (κ2) is 23.1. The van der Waals surface area contributed by atoms with Crippen molar-refractivity contribution in [3.63, 3.8) is 0 Å². The monoisotopic (exact) mass is 967 g/mol. The van der Waals surface area contributed by atoms with Crippen molar-refractivity contribution < 1.29 is 84.2 Å². The minimum absolute atomic E-state index is 0.0113. The van der Waals surface area contributed by atoms with Crippen molar-refractivity contribution in [2.24, 2.45) is 0 Å². The number of halogens is 5. The number of alkyl carbamates (subject to hydrolysis) is 2. The summed E-state index contributed by atoms with van der Waals surface area (Å²) in [5.74, 6) is -18.2.